The van der Waals surface area contributed by atoms with Crippen LogP contribution in [0.5, 0.6) is 0 Å². The molecule has 0 aromatic heterocycles. The van der Waals surface area contributed by atoms with E-state index in [-0.39, 0.29) is 16.9 Å². The van der Waals surface area contributed by atoms with Gasteiger partial charge in [-0.15, -0.1) is 0 Å². The minimum Gasteiger partial charge on any atom is -0.366 e. The number of carbonyl (C=O) groups is 2. The average Bonchev–Trinajstić information content (AvgIpc) is 2.79. The van der Waals surface area contributed by atoms with Crippen molar-refractivity contribution in [3.63, 3.8) is 0 Å². The molecule has 1 aliphatic rings. The Labute approximate surface area is 186 Å². The lowest BCUT2D eigenvalue weighted by molar-refractivity contribution is -0.129. The van der Waals surface area contributed by atoms with Crippen LogP contribution in [0.1, 0.15) is 17.3 Å². The molecule has 3 aromatic carbocycles. The highest BCUT2D eigenvalue weighted by molar-refractivity contribution is 7.80. The summed E-state index contributed by atoms with van der Waals surface area (Å²) in [5.41, 5.74) is 2.39. The van der Waals surface area contributed by atoms with Crippen LogP contribution in [0.3, 0.4) is 0 Å². The van der Waals surface area contributed by atoms with Crippen LogP contribution < -0.4 is 15.5 Å². The standard InChI is InChI=1S/C24H24N4O2S/c1-17(29)27-13-15-28(16-14-27)22-12-5-4-11-21(22)25-24(31)26-23(30)20-10-6-8-18-7-2-3-9-19(18)20/h2-12H,13-16H2,1H3,(H2,25,26,30,31). The third-order valence-corrected chi connectivity index (χ3v) is 5.68. The van der Waals surface area contributed by atoms with Gasteiger partial charge in [-0.1, -0.05) is 48.5 Å². The largest absolute Gasteiger partial charge is 0.366 e. The molecule has 0 saturated carbocycles. The zero-order valence-electron chi connectivity index (χ0n) is 17.3. The maximum atomic E-state index is 12.9. The summed E-state index contributed by atoms with van der Waals surface area (Å²) in [5, 5.41) is 8.10. The molecule has 0 aliphatic carbocycles. The van der Waals surface area contributed by atoms with E-state index in [1.807, 2.05) is 65.6 Å². The second kappa shape index (κ2) is 9.14. The van der Waals surface area contributed by atoms with Gasteiger partial charge in [0.25, 0.3) is 5.91 Å². The molecule has 0 unspecified atom stereocenters. The number of rotatable bonds is 3. The number of nitrogens with one attached hydrogen (secondary N) is 2. The number of nitrogens with zero attached hydrogens (tertiary/aromatic N) is 2. The molecule has 0 radical (unpaired) electrons. The lowest BCUT2D eigenvalue weighted by Gasteiger charge is -2.36. The first kappa shape index (κ1) is 20.8. The highest BCUT2D eigenvalue weighted by atomic mass is 32.1. The summed E-state index contributed by atoms with van der Waals surface area (Å²) in [6.07, 6.45) is 0. The third-order valence-electron chi connectivity index (χ3n) is 5.48. The molecule has 7 heteroatoms. The number of benzene rings is 3. The van der Waals surface area contributed by atoms with Gasteiger partial charge in [-0.25, -0.2) is 0 Å². The quantitative estimate of drug-likeness (QED) is 0.619. The Morgan fingerprint density at radius 2 is 1.55 bits per heavy atom. The summed E-state index contributed by atoms with van der Waals surface area (Å²) in [6, 6.07) is 21.2. The molecule has 4 rings (SSSR count). The van der Waals surface area contributed by atoms with Gasteiger partial charge in [-0.05, 0) is 41.2 Å². The Balaban J connectivity index is 1.46. The minimum atomic E-state index is -0.248. The van der Waals surface area contributed by atoms with Crippen LogP contribution in [-0.4, -0.2) is 48.0 Å². The van der Waals surface area contributed by atoms with E-state index in [1.165, 1.54) is 0 Å². The number of thiocarbonyl (C=S) groups is 1. The summed E-state index contributed by atoms with van der Waals surface area (Å²) < 4.78 is 0. The second-order valence-electron chi connectivity index (χ2n) is 7.45. The van der Waals surface area contributed by atoms with Gasteiger partial charge < -0.3 is 15.1 Å². The Hall–Kier alpha value is -3.45. The third kappa shape index (κ3) is 4.67. The van der Waals surface area contributed by atoms with Crippen LogP contribution >= 0.6 is 12.2 Å². The Kier molecular flexibility index (Phi) is 6.13. The Morgan fingerprint density at radius 3 is 2.32 bits per heavy atom. The molecule has 158 valence electrons. The summed E-state index contributed by atoms with van der Waals surface area (Å²) in [7, 11) is 0. The van der Waals surface area contributed by atoms with Crippen molar-refractivity contribution in [3.8, 4) is 0 Å². The predicted molar refractivity (Wildman–Crippen MR) is 129 cm³/mol. The SMILES string of the molecule is CC(=O)N1CCN(c2ccccc2NC(=S)NC(=O)c2cccc3ccccc23)CC1. The first-order valence-corrected chi connectivity index (χ1v) is 10.6. The van der Waals surface area contributed by atoms with Gasteiger partial charge in [-0.2, -0.15) is 0 Å². The molecule has 6 nitrogen and oxygen atoms in total. The minimum absolute atomic E-state index is 0.100. The number of amides is 2. The summed E-state index contributed by atoms with van der Waals surface area (Å²) in [5.74, 6) is -0.148. The van der Waals surface area contributed by atoms with Crippen LogP contribution in [0.4, 0.5) is 11.4 Å². The van der Waals surface area contributed by atoms with Crippen LogP contribution in [0.2, 0.25) is 0 Å². The molecule has 31 heavy (non-hydrogen) atoms. The molecule has 2 amide bonds. The zero-order valence-corrected chi connectivity index (χ0v) is 18.1. The molecule has 1 saturated heterocycles. The summed E-state index contributed by atoms with van der Waals surface area (Å²) in [6.45, 7) is 4.46. The van der Waals surface area contributed by atoms with Gasteiger partial charge in [0.05, 0.1) is 11.4 Å². The maximum absolute atomic E-state index is 12.9. The van der Waals surface area contributed by atoms with Crippen molar-refractivity contribution in [2.24, 2.45) is 0 Å². The first-order chi connectivity index (χ1) is 15.0. The Bertz CT molecular complexity index is 1130. The van der Waals surface area contributed by atoms with Crippen LogP contribution in [-0.2, 0) is 4.79 Å². The molecule has 2 N–H and O–H groups in total. The van der Waals surface area contributed by atoms with E-state index in [0.717, 1.165) is 35.2 Å². The lowest BCUT2D eigenvalue weighted by atomic mass is 10.0. The monoisotopic (exact) mass is 432 g/mol. The van der Waals surface area contributed by atoms with E-state index >= 15 is 0 Å². The molecule has 1 heterocycles. The predicted octanol–water partition coefficient (Wildman–Crippen LogP) is 3.64. The van der Waals surface area contributed by atoms with Gasteiger partial charge in [0.15, 0.2) is 5.11 Å². The molecular formula is C24H24N4O2S. The van der Waals surface area contributed by atoms with Crippen molar-refractivity contribution in [2.75, 3.05) is 36.4 Å². The van der Waals surface area contributed by atoms with Crippen molar-refractivity contribution >= 4 is 51.3 Å². The highest BCUT2D eigenvalue weighted by Crippen LogP contribution is 2.27. The molecular weight excluding hydrogens is 408 g/mol. The van der Waals surface area contributed by atoms with Crippen molar-refractivity contribution in [1.29, 1.82) is 0 Å². The van der Waals surface area contributed by atoms with Gasteiger partial charge >= 0.3 is 0 Å². The summed E-state index contributed by atoms with van der Waals surface area (Å²) in [4.78, 5) is 28.5. The van der Waals surface area contributed by atoms with Crippen LogP contribution in [0.25, 0.3) is 10.8 Å². The van der Waals surface area contributed by atoms with E-state index in [0.29, 0.717) is 18.7 Å². The molecule has 0 atom stereocenters. The molecule has 1 fully saturated rings. The Morgan fingerprint density at radius 1 is 0.871 bits per heavy atom. The van der Waals surface area contributed by atoms with Gasteiger partial charge in [0.1, 0.15) is 0 Å². The van der Waals surface area contributed by atoms with E-state index in [1.54, 1.807) is 13.0 Å². The van der Waals surface area contributed by atoms with E-state index in [2.05, 4.69) is 15.5 Å². The number of carbonyl (C=O) groups excluding carboxylic acids is 2. The van der Waals surface area contributed by atoms with Crippen molar-refractivity contribution in [2.45, 2.75) is 6.92 Å². The fourth-order valence-electron chi connectivity index (χ4n) is 3.86. The van der Waals surface area contributed by atoms with Gasteiger partial charge in [0.2, 0.25) is 5.91 Å². The maximum Gasteiger partial charge on any atom is 0.258 e. The first-order valence-electron chi connectivity index (χ1n) is 10.2. The van der Waals surface area contributed by atoms with Crippen molar-refractivity contribution in [3.05, 3.63) is 72.3 Å². The van der Waals surface area contributed by atoms with Crippen LogP contribution in [0.15, 0.2) is 66.7 Å². The average molecular weight is 433 g/mol. The number of fused-ring (bicyclic) bond motifs is 1. The highest BCUT2D eigenvalue weighted by Gasteiger charge is 2.21. The fourth-order valence-corrected chi connectivity index (χ4v) is 4.07. The number of piperazine rings is 1. The number of hydrogen-bond donors (Lipinski definition) is 2. The fraction of sp³-hybridized carbons (Fsp3) is 0.208. The zero-order chi connectivity index (χ0) is 21.8. The van der Waals surface area contributed by atoms with Crippen LogP contribution in [0, 0.1) is 0 Å². The normalized spacial score (nSPS) is 13.7. The molecule has 0 bridgehead atoms. The summed E-state index contributed by atoms with van der Waals surface area (Å²) >= 11 is 5.43. The van der Waals surface area contributed by atoms with Gasteiger partial charge in [0, 0.05) is 38.7 Å². The van der Waals surface area contributed by atoms with Crippen molar-refractivity contribution in [1.82, 2.24) is 10.2 Å². The van der Waals surface area contributed by atoms with Crippen molar-refractivity contribution < 1.29 is 9.59 Å². The topological polar surface area (TPSA) is 64.7 Å². The number of hydrogen-bond acceptors (Lipinski definition) is 4. The number of para-hydroxylation sites is 2. The molecule has 1 aliphatic heterocycles. The molecule has 0 spiro atoms. The molecule has 3 aromatic rings. The second-order valence-corrected chi connectivity index (χ2v) is 7.85. The van der Waals surface area contributed by atoms with E-state index in [4.69, 9.17) is 12.2 Å². The lowest BCUT2D eigenvalue weighted by Crippen LogP contribution is -2.48. The number of anilines is 2. The van der Waals surface area contributed by atoms with Gasteiger partial charge in [-0.3, -0.25) is 14.9 Å². The smallest absolute Gasteiger partial charge is 0.258 e. The van der Waals surface area contributed by atoms with E-state index < -0.39 is 0 Å². The van der Waals surface area contributed by atoms with E-state index in [9.17, 15) is 9.59 Å².